The molecule has 3 amide bonds. The van der Waals surface area contributed by atoms with Gasteiger partial charge in [-0.1, -0.05) is 44.5 Å². The zero-order valence-corrected chi connectivity index (χ0v) is 33.0. The summed E-state index contributed by atoms with van der Waals surface area (Å²) in [6.45, 7) is 18.7. The third kappa shape index (κ3) is 12.5. The van der Waals surface area contributed by atoms with Crippen LogP contribution in [-0.2, 0) is 16.1 Å². The van der Waals surface area contributed by atoms with Gasteiger partial charge in [0, 0.05) is 31.3 Å². The number of nitrogens with zero attached hydrogens (tertiary/aromatic N) is 3. The van der Waals surface area contributed by atoms with Crippen LogP contribution in [0.3, 0.4) is 0 Å². The quantitative estimate of drug-likeness (QED) is 0.169. The summed E-state index contributed by atoms with van der Waals surface area (Å²) in [5, 5.41) is 9.61. The van der Waals surface area contributed by atoms with Crippen molar-refractivity contribution >= 4 is 23.3 Å². The van der Waals surface area contributed by atoms with Crippen LogP contribution in [-0.4, -0.2) is 91.6 Å². The summed E-state index contributed by atoms with van der Waals surface area (Å²) >= 11 is 0. The Bertz CT molecular complexity index is 1560. The van der Waals surface area contributed by atoms with Gasteiger partial charge in [-0.25, -0.2) is 4.79 Å². The first-order valence-corrected chi connectivity index (χ1v) is 19.2. The summed E-state index contributed by atoms with van der Waals surface area (Å²) in [6.07, 6.45) is 4.74. The van der Waals surface area contributed by atoms with Crippen LogP contribution in [0.4, 0.5) is 16.2 Å². The monoisotopic (exact) mass is 735 g/mol. The molecule has 12 nitrogen and oxygen atoms in total. The van der Waals surface area contributed by atoms with E-state index in [4.69, 9.17) is 23.5 Å². The Morgan fingerprint density at radius 2 is 1.87 bits per heavy atom. The molecule has 12 heteroatoms. The van der Waals surface area contributed by atoms with Gasteiger partial charge in [-0.3, -0.25) is 4.79 Å². The van der Waals surface area contributed by atoms with Crippen molar-refractivity contribution in [2.24, 2.45) is 5.92 Å². The van der Waals surface area contributed by atoms with E-state index in [1.54, 1.807) is 39.2 Å². The average Bonchev–Trinajstić information content (AvgIpc) is 3.46. The molecule has 2 N–H and O–H groups in total. The van der Waals surface area contributed by atoms with Crippen LogP contribution in [0.1, 0.15) is 94.1 Å². The lowest BCUT2D eigenvalue weighted by atomic mass is 10.0. The van der Waals surface area contributed by atoms with Gasteiger partial charge in [-0.2, -0.15) is 0 Å². The normalized spacial score (nSPS) is 19.2. The number of benzene rings is 2. The third-order valence-corrected chi connectivity index (χ3v) is 9.82. The summed E-state index contributed by atoms with van der Waals surface area (Å²) in [4.78, 5) is 32.3. The second kappa shape index (κ2) is 20.9. The second-order valence-electron chi connectivity index (χ2n) is 14.2. The number of hydrogen-bond donors (Lipinski definition) is 2. The number of fused-ring (bicyclic) bond motifs is 1. The van der Waals surface area contributed by atoms with Crippen molar-refractivity contribution in [2.45, 2.75) is 105 Å². The highest BCUT2D eigenvalue weighted by Crippen LogP contribution is 2.29. The lowest BCUT2D eigenvalue weighted by Gasteiger charge is -2.36. The molecule has 1 aliphatic rings. The number of methoxy groups -OCH3 is 1. The first-order valence-electron chi connectivity index (χ1n) is 19.2. The minimum absolute atomic E-state index is 0.0204. The van der Waals surface area contributed by atoms with E-state index in [0.717, 1.165) is 63.1 Å². The number of anilines is 2. The molecule has 2 unspecified atom stereocenters. The van der Waals surface area contributed by atoms with E-state index >= 15 is 0 Å². The number of rotatable bonds is 14. The van der Waals surface area contributed by atoms with Crippen molar-refractivity contribution < 1.29 is 33.1 Å². The number of unbranched alkanes of at least 4 members (excludes halogenated alkanes) is 1. The number of nitrogens with one attached hydrogen (secondary N) is 2. The standard InChI is InChI=1S/C41H61N5O7/c1-9-11-21-45(10-2)25-38-28(3)24-46(29(4)26-50-27-33-15-18-35(49-8)19-16-33)40(47)36-23-34(42-41(48)43-39-31(6)44-53-32(39)7)17-20-37(36)52-30(5)14-12-13-22-51-38/h15-20,23,28-30,38H,9-14,21-22,24-27H2,1-8H3,(H2,42,43,48)/t28-,29?,30?,38+/m1/s1. The number of ether oxygens (including phenoxy) is 4. The van der Waals surface area contributed by atoms with Crippen LogP contribution in [0.25, 0.3) is 0 Å². The smallest absolute Gasteiger partial charge is 0.323 e. The molecule has 2 heterocycles. The van der Waals surface area contributed by atoms with Crippen LogP contribution >= 0.6 is 0 Å². The van der Waals surface area contributed by atoms with Gasteiger partial charge < -0.3 is 43.9 Å². The van der Waals surface area contributed by atoms with Crippen molar-refractivity contribution in [3.8, 4) is 11.5 Å². The Balaban J connectivity index is 1.65. The largest absolute Gasteiger partial charge is 0.497 e. The van der Waals surface area contributed by atoms with Crippen LogP contribution in [0.15, 0.2) is 47.0 Å². The highest BCUT2D eigenvalue weighted by molar-refractivity contribution is 6.03. The van der Waals surface area contributed by atoms with E-state index in [1.165, 1.54) is 0 Å². The van der Waals surface area contributed by atoms with Gasteiger partial charge in [-0.15, -0.1) is 0 Å². The molecule has 0 fully saturated rings. The van der Waals surface area contributed by atoms with Crippen LogP contribution in [0.2, 0.25) is 0 Å². The SMILES string of the molecule is CCCCN(CC)C[C@@H]1OCCCCC(C)Oc2ccc(NC(=O)Nc3c(C)noc3C)cc2C(=O)N(C(C)COCc2ccc(OC)cc2)C[C@H]1C. The first kappa shape index (κ1) is 41.6. The van der Waals surface area contributed by atoms with Gasteiger partial charge in [0.15, 0.2) is 5.76 Å². The topological polar surface area (TPSA) is 128 Å². The molecule has 0 saturated heterocycles. The fourth-order valence-corrected chi connectivity index (χ4v) is 6.48. The van der Waals surface area contributed by atoms with E-state index in [1.807, 2.05) is 43.0 Å². The molecule has 1 aliphatic heterocycles. The number of urea groups is 1. The summed E-state index contributed by atoms with van der Waals surface area (Å²) < 4.78 is 29.8. The van der Waals surface area contributed by atoms with Gasteiger partial charge in [0.2, 0.25) is 0 Å². The molecule has 3 aromatic rings. The summed E-state index contributed by atoms with van der Waals surface area (Å²) in [6, 6.07) is 12.2. The predicted octanol–water partition coefficient (Wildman–Crippen LogP) is 8.09. The van der Waals surface area contributed by atoms with E-state index in [-0.39, 0.29) is 30.1 Å². The minimum Gasteiger partial charge on any atom is -0.497 e. The van der Waals surface area contributed by atoms with Crippen molar-refractivity contribution in [2.75, 3.05) is 57.1 Å². The number of hydrogen-bond acceptors (Lipinski definition) is 9. The first-order chi connectivity index (χ1) is 25.5. The fraction of sp³-hybridized carbons (Fsp3) is 0.585. The minimum atomic E-state index is -0.476. The molecule has 1 aromatic heterocycles. The maximum absolute atomic E-state index is 14.9. The van der Waals surface area contributed by atoms with Crippen LogP contribution < -0.4 is 20.1 Å². The number of aryl methyl sites for hydroxylation is 2. The van der Waals surface area contributed by atoms with E-state index in [0.29, 0.717) is 60.5 Å². The Morgan fingerprint density at radius 1 is 1.09 bits per heavy atom. The van der Waals surface area contributed by atoms with Crippen molar-refractivity contribution in [1.29, 1.82) is 0 Å². The summed E-state index contributed by atoms with van der Waals surface area (Å²) in [5.74, 6) is 1.58. The second-order valence-corrected chi connectivity index (χ2v) is 14.2. The molecule has 292 valence electrons. The van der Waals surface area contributed by atoms with Crippen molar-refractivity contribution in [1.82, 2.24) is 15.0 Å². The Hall–Kier alpha value is -4.13. The molecule has 53 heavy (non-hydrogen) atoms. The van der Waals surface area contributed by atoms with E-state index < -0.39 is 6.03 Å². The highest BCUT2D eigenvalue weighted by Gasteiger charge is 2.31. The molecule has 0 spiro atoms. The van der Waals surface area contributed by atoms with Gasteiger partial charge in [0.1, 0.15) is 22.9 Å². The molecular formula is C41H61N5O7. The fourth-order valence-electron chi connectivity index (χ4n) is 6.48. The van der Waals surface area contributed by atoms with E-state index in [9.17, 15) is 9.59 Å². The van der Waals surface area contributed by atoms with Gasteiger partial charge >= 0.3 is 6.03 Å². The third-order valence-electron chi connectivity index (χ3n) is 9.82. The van der Waals surface area contributed by atoms with Crippen molar-refractivity contribution in [3.05, 3.63) is 65.0 Å². The zero-order chi connectivity index (χ0) is 38.3. The van der Waals surface area contributed by atoms with Crippen LogP contribution in [0, 0.1) is 19.8 Å². The molecule has 0 saturated carbocycles. The number of aromatic nitrogens is 1. The van der Waals surface area contributed by atoms with Gasteiger partial charge in [0.05, 0.1) is 44.1 Å². The van der Waals surface area contributed by atoms with Gasteiger partial charge in [-0.05, 0) is 102 Å². The van der Waals surface area contributed by atoms with Crippen LogP contribution in [0.5, 0.6) is 11.5 Å². The zero-order valence-electron chi connectivity index (χ0n) is 33.0. The molecule has 4 atom stereocenters. The number of carbonyl (C=O) groups is 2. The number of carbonyl (C=O) groups excluding carboxylic acids is 2. The molecular weight excluding hydrogens is 674 g/mol. The lowest BCUT2D eigenvalue weighted by molar-refractivity contribution is -0.0224. The maximum Gasteiger partial charge on any atom is 0.323 e. The van der Waals surface area contributed by atoms with Crippen molar-refractivity contribution in [3.63, 3.8) is 0 Å². The Kier molecular flexibility index (Phi) is 16.4. The molecule has 0 aliphatic carbocycles. The number of likely N-dealkylation sites (N-methyl/N-ethyl adjacent to an activating group) is 1. The van der Waals surface area contributed by atoms with Gasteiger partial charge in [0.25, 0.3) is 5.91 Å². The molecule has 0 radical (unpaired) electrons. The Labute approximate surface area is 315 Å². The lowest BCUT2D eigenvalue weighted by Crippen LogP contribution is -2.48. The number of amides is 3. The predicted molar refractivity (Wildman–Crippen MR) is 208 cm³/mol. The van der Waals surface area contributed by atoms with E-state index in [2.05, 4.69) is 41.5 Å². The Morgan fingerprint density at radius 3 is 2.55 bits per heavy atom. The molecule has 0 bridgehead atoms. The molecule has 4 rings (SSSR count). The highest BCUT2D eigenvalue weighted by atomic mass is 16.5. The average molecular weight is 736 g/mol. The summed E-state index contributed by atoms with van der Waals surface area (Å²) in [5.41, 5.74) is 2.91. The molecule has 2 aromatic carbocycles. The maximum atomic E-state index is 14.9. The summed E-state index contributed by atoms with van der Waals surface area (Å²) in [7, 11) is 1.64.